The van der Waals surface area contributed by atoms with E-state index in [0.29, 0.717) is 24.1 Å². The van der Waals surface area contributed by atoms with Crippen molar-refractivity contribution in [1.82, 2.24) is 14.6 Å². The van der Waals surface area contributed by atoms with Crippen molar-refractivity contribution in [2.75, 3.05) is 0 Å². The van der Waals surface area contributed by atoms with E-state index >= 15 is 0 Å². The lowest BCUT2D eigenvalue weighted by molar-refractivity contribution is -0.0382. The van der Waals surface area contributed by atoms with Gasteiger partial charge in [0.1, 0.15) is 5.56 Å². The molecule has 1 aliphatic rings. The molecule has 2 heterocycles. The van der Waals surface area contributed by atoms with Crippen molar-refractivity contribution in [3.63, 3.8) is 0 Å². The molecular formula is C19H17F2N3O3. The topological polar surface area (TPSA) is 87.5 Å². The number of aromatic nitrogens is 3. The molecule has 0 spiro atoms. The molecular weight excluding hydrogens is 356 g/mol. The fourth-order valence-corrected chi connectivity index (χ4v) is 3.60. The lowest BCUT2D eigenvalue weighted by Crippen LogP contribution is -2.23. The lowest BCUT2D eigenvalue weighted by Gasteiger charge is -2.28. The normalized spacial score (nSPS) is 17.3. The molecule has 4 rings (SSSR count). The third kappa shape index (κ3) is 3.22. The van der Waals surface area contributed by atoms with Crippen molar-refractivity contribution >= 4 is 11.6 Å². The first-order valence-corrected chi connectivity index (χ1v) is 8.66. The predicted molar refractivity (Wildman–Crippen MR) is 94.4 cm³/mol. The van der Waals surface area contributed by atoms with E-state index in [2.05, 4.69) is 10.1 Å². The van der Waals surface area contributed by atoms with Gasteiger partial charge in [0.15, 0.2) is 5.65 Å². The molecule has 0 unspecified atom stereocenters. The van der Waals surface area contributed by atoms with Gasteiger partial charge in [-0.15, -0.1) is 0 Å². The summed E-state index contributed by atoms with van der Waals surface area (Å²) in [5.41, 5.74) is 1.75. The molecule has 1 aliphatic carbocycles. The van der Waals surface area contributed by atoms with Crippen molar-refractivity contribution in [3.05, 3.63) is 58.0 Å². The molecule has 6 nitrogen and oxygen atoms in total. The first-order valence-electron chi connectivity index (χ1n) is 8.66. The van der Waals surface area contributed by atoms with Gasteiger partial charge in [-0.05, 0) is 29.9 Å². The summed E-state index contributed by atoms with van der Waals surface area (Å²) in [5.74, 6) is -3.63. The Kier molecular flexibility index (Phi) is 4.05. The molecule has 0 atom stereocenters. The molecule has 3 aromatic rings. The molecule has 0 bridgehead atoms. The SMILES string of the molecule is O=C(O)c1cnn2c(=O)cc(-c3ccc(C4CCC(F)(F)CC4)cc3)[nH]c12. The Morgan fingerprint density at radius 2 is 1.89 bits per heavy atom. The van der Waals surface area contributed by atoms with Crippen LogP contribution >= 0.6 is 0 Å². The number of H-pyrrole nitrogens is 1. The quantitative estimate of drug-likeness (QED) is 0.733. The summed E-state index contributed by atoms with van der Waals surface area (Å²) in [6.45, 7) is 0. The van der Waals surface area contributed by atoms with Gasteiger partial charge in [0.2, 0.25) is 5.92 Å². The predicted octanol–water partition coefficient (Wildman–Crippen LogP) is 3.68. The summed E-state index contributed by atoms with van der Waals surface area (Å²) >= 11 is 0. The molecule has 1 aromatic carbocycles. The van der Waals surface area contributed by atoms with E-state index in [1.165, 1.54) is 6.07 Å². The molecule has 8 heteroatoms. The van der Waals surface area contributed by atoms with Crippen LogP contribution in [0.3, 0.4) is 0 Å². The van der Waals surface area contributed by atoms with Gasteiger partial charge in [-0.25, -0.2) is 13.6 Å². The van der Waals surface area contributed by atoms with E-state index in [0.717, 1.165) is 16.3 Å². The molecule has 0 aliphatic heterocycles. The van der Waals surface area contributed by atoms with E-state index in [-0.39, 0.29) is 30.0 Å². The number of alkyl halides is 2. The zero-order valence-electron chi connectivity index (χ0n) is 14.3. The second-order valence-electron chi connectivity index (χ2n) is 6.90. The maximum atomic E-state index is 13.3. The number of fused-ring (bicyclic) bond motifs is 1. The average molecular weight is 373 g/mol. The van der Waals surface area contributed by atoms with Crippen LogP contribution < -0.4 is 5.56 Å². The molecule has 1 saturated carbocycles. The molecule has 0 radical (unpaired) electrons. The number of hydrogen-bond acceptors (Lipinski definition) is 3. The minimum Gasteiger partial charge on any atom is -0.477 e. The second kappa shape index (κ2) is 6.29. The number of carbonyl (C=O) groups is 1. The van der Waals surface area contributed by atoms with Crippen molar-refractivity contribution in [1.29, 1.82) is 0 Å². The van der Waals surface area contributed by atoms with E-state index in [4.69, 9.17) is 0 Å². The van der Waals surface area contributed by atoms with E-state index < -0.39 is 17.5 Å². The number of nitrogens with one attached hydrogen (secondary N) is 1. The molecule has 140 valence electrons. The van der Waals surface area contributed by atoms with Crippen LogP contribution in [-0.4, -0.2) is 31.6 Å². The first-order chi connectivity index (χ1) is 12.8. The average Bonchev–Trinajstić information content (AvgIpc) is 3.07. The van der Waals surface area contributed by atoms with Crippen LogP contribution in [0.4, 0.5) is 8.78 Å². The van der Waals surface area contributed by atoms with Gasteiger partial charge in [0.25, 0.3) is 5.56 Å². The van der Waals surface area contributed by atoms with Crippen molar-refractivity contribution < 1.29 is 18.7 Å². The first kappa shape index (κ1) is 17.4. The molecule has 2 aromatic heterocycles. The van der Waals surface area contributed by atoms with Crippen molar-refractivity contribution in [3.8, 4) is 11.3 Å². The standard InChI is InChI=1S/C19H17F2N3O3/c20-19(21)7-5-12(6-8-19)11-1-3-13(4-2-11)15-9-16(25)24-17(23-15)14(10-22-24)18(26)27/h1-4,9-10,12,23H,5-8H2,(H,26,27). The Balaban J connectivity index is 1.65. The lowest BCUT2D eigenvalue weighted by atomic mass is 9.82. The largest absolute Gasteiger partial charge is 0.477 e. The van der Waals surface area contributed by atoms with Crippen LogP contribution in [0.5, 0.6) is 0 Å². The van der Waals surface area contributed by atoms with E-state index in [9.17, 15) is 23.5 Å². The zero-order valence-corrected chi connectivity index (χ0v) is 14.3. The number of hydrogen-bond donors (Lipinski definition) is 2. The second-order valence-corrected chi connectivity index (χ2v) is 6.90. The van der Waals surface area contributed by atoms with Gasteiger partial charge >= 0.3 is 5.97 Å². The number of aromatic amines is 1. The monoisotopic (exact) mass is 373 g/mol. The van der Waals surface area contributed by atoms with Crippen LogP contribution in [0.25, 0.3) is 16.9 Å². The van der Waals surface area contributed by atoms with Crippen LogP contribution in [0, 0.1) is 0 Å². The maximum absolute atomic E-state index is 13.3. The third-order valence-electron chi connectivity index (χ3n) is 5.14. The van der Waals surface area contributed by atoms with E-state index in [1.807, 2.05) is 12.1 Å². The Labute approximate surface area is 152 Å². The fourth-order valence-electron chi connectivity index (χ4n) is 3.60. The summed E-state index contributed by atoms with van der Waals surface area (Å²) in [5, 5.41) is 13.0. The molecule has 27 heavy (non-hydrogen) atoms. The van der Waals surface area contributed by atoms with Crippen molar-refractivity contribution in [2.45, 2.75) is 37.5 Å². The summed E-state index contributed by atoms with van der Waals surface area (Å²) in [7, 11) is 0. The van der Waals surface area contributed by atoms with Gasteiger partial charge in [0.05, 0.1) is 11.9 Å². The van der Waals surface area contributed by atoms with Gasteiger partial charge in [-0.2, -0.15) is 9.61 Å². The summed E-state index contributed by atoms with van der Waals surface area (Å²) in [4.78, 5) is 26.4. The number of halogens is 2. The molecule has 0 saturated heterocycles. The smallest absolute Gasteiger partial charge is 0.341 e. The van der Waals surface area contributed by atoms with Gasteiger partial charge in [0, 0.05) is 18.9 Å². The highest BCUT2D eigenvalue weighted by Gasteiger charge is 2.35. The Hall–Kier alpha value is -3.03. The fraction of sp³-hybridized carbons (Fsp3) is 0.316. The van der Waals surface area contributed by atoms with Crippen LogP contribution in [0.1, 0.15) is 47.5 Å². The van der Waals surface area contributed by atoms with Crippen LogP contribution in [0.2, 0.25) is 0 Å². The van der Waals surface area contributed by atoms with Crippen molar-refractivity contribution in [2.24, 2.45) is 0 Å². The highest BCUT2D eigenvalue weighted by molar-refractivity contribution is 5.94. The van der Waals surface area contributed by atoms with Gasteiger partial charge < -0.3 is 10.1 Å². The van der Waals surface area contributed by atoms with Crippen LogP contribution in [0.15, 0.2) is 41.3 Å². The number of carboxylic acid groups (broad SMARTS) is 1. The molecule has 0 amide bonds. The van der Waals surface area contributed by atoms with E-state index in [1.54, 1.807) is 12.1 Å². The number of benzene rings is 1. The number of nitrogens with zero attached hydrogens (tertiary/aromatic N) is 2. The Morgan fingerprint density at radius 3 is 2.52 bits per heavy atom. The summed E-state index contributed by atoms with van der Waals surface area (Å²) in [6.07, 6.45) is 1.84. The van der Waals surface area contributed by atoms with Crippen LogP contribution in [-0.2, 0) is 0 Å². The minimum atomic E-state index is -2.56. The number of aromatic carboxylic acids is 1. The highest BCUT2D eigenvalue weighted by Crippen LogP contribution is 2.41. The Bertz CT molecular complexity index is 1060. The Morgan fingerprint density at radius 1 is 1.22 bits per heavy atom. The third-order valence-corrected chi connectivity index (χ3v) is 5.14. The summed E-state index contributed by atoms with van der Waals surface area (Å²) in [6, 6.07) is 8.71. The zero-order chi connectivity index (χ0) is 19.2. The number of rotatable bonds is 3. The maximum Gasteiger partial charge on any atom is 0.341 e. The summed E-state index contributed by atoms with van der Waals surface area (Å²) < 4.78 is 27.7. The molecule has 1 fully saturated rings. The number of carboxylic acids is 1. The van der Waals surface area contributed by atoms with Gasteiger partial charge in [-0.3, -0.25) is 4.79 Å². The molecule has 2 N–H and O–H groups in total. The van der Waals surface area contributed by atoms with Gasteiger partial charge in [-0.1, -0.05) is 24.3 Å². The highest BCUT2D eigenvalue weighted by atomic mass is 19.3. The minimum absolute atomic E-state index is 0.0892.